The first kappa shape index (κ1) is 21.5. The molecule has 4 aromatic rings. The number of nitrogens with zero attached hydrogens (tertiary/aromatic N) is 1. The van der Waals surface area contributed by atoms with Gasteiger partial charge in [0.25, 0.3) is 5.91 Å². The van der Waals surface area contributed by atoms with Crippen molar-refractivity contribution in [1.29, 1.82) is 0 Å². The van der Waals surface area contributed by atoms with Crippen LogP contribution in [0.1, 0.15) is 16.1 Å². The van der Waals surface area contributed by atoms with E-state index >= 15 is 0 Å². The Balaban J connectivity index is 1.55. The van der Waals surface area contributed by atoms with Gasteiger partial charge in [0.2, 0.25) is 0 Å². The van der Waals surface area contributed by atoms with Crippen LogP contribution in [-0.2, 0) is 11.2 Å². The van der Waals surface area contributed by atoms with Gasteiger partial charge in [-0.25, -0.2) is 4.79 Å². The Labute approximate surface area is 188 Å². The number of H-pyrrole nitrogens is 1. The molecule has 0 radical (unpaired) electrons. The van der Waals surface area contributed by atoms with Crippen LogP contribution in [0.5, 0.6) is 0 Å². The van der Waals surface area contributed by atoms with Gasteiger partial charge in [0, 0.05) is 10.6 Å². The molecule has 32 heavy (non-hydrogen) atoms. The number of carboxylic acids is 1. The summed E-state index contributed by atoms with van der Waals surface area (Å²) in [7, 11) is 0. The summed E-state index contributed by atoms with van der Waals surface area (Å²) in [5, 5.41) is 31.4. The predicted octanol–water partition coefficient (Wildman–Crippen LogP) is 3.67. The molecule has 162 valence electrons. The lowest BCUT2D eigenvalue weighted by atomic mass is 10.0. The first-order valence-electron chi connectivity index (χ1n) is 9.92. The molecule has 1 aromatic heterocycles. The number of halogens is 1. The highest BCUT2D eigenvalue weighted by molar-refractivity contribution is 6.31. The monoisotopic (exact) mass is 449 g/mol. The zero-order valence-electron chi connectivity index (χ0n) is 16.8. The zero-order chi connectivity index (χ0) is 22.7. The van der Waals surface area contributed by atoms with E-state index in [9.17, 15) is 19.8 Å². The Morgan fingerprint density at radius 2 is 1.72 bits per heavy atom. The molecular formula is C24H20ClN3O4. The van der Waals surface area contributed by atoms with Gasteiger partial charge in [0.15, 0.2) is 6.10 Å². The molecule has 1 heterocycles. The highest BCUT2D eigenvalue weighted by Crippen LogP contribution is 2.24. The van der Waals surface area contributed by atoms with E-state index in [2.05, 4.69) is 15.5 Å². The Morgan fingerprint density at radius 1 is 1.00 bits per heavy atom. The van der Waals surface area contributed by atoms with Crippen molar-refractivity contribution in [1.82, 2.24) is 15.5 Å². The summed E-state index contributed by atoms with van der Waals surface area (Å²) in [5.74, 6) is -2.02. The van der Waals surface area contributed by atoms with Crippen LogP contribution in [-0.4, -0.2) is 44.4 Å². The van der Waals surface area contributed by atoms with E-state index in [0.29, 0.717) is 16.3 Å². The Kier molecular flexibility index (Phi) is 6.20. The topological polar surface area (TPSA) is 115 Å². The van der Waals surface area contributed by atoms with E-state index in [1.165, 1.54) is 0 Å². The fourth-order valence-corrected chi connectivity index (χ4v) is 3.71. The van der Waals surface area contributed by atoms with E-state index in [4.69, 9.17) is 11.6 Å². The van der Waals surface area contributed by atoms with Crippen molar-refractivity contribution in [2.75, 3.05) is 0 Å². The van der Waals surface area contributed by atoms with Crippen LogP contribution in [0.15, 0.2) is 72.8 Å². The molecule has 4 N–H and O–H groups in total. The molecule has 0 aliphatic rings. The molecule has 2 atom stereocenters. The van der Waals surface area contributed by atoms with Gasteiger partial charge in [0.1, 0.15) is 5.69 Å². The van der Waals surface area contributed by atoms with Crippen LogP contribution >= 0.6 is 11.6 Å². The summed E-state index contributed by atoms with van der Waals surface area (Å²) in [6, 6.07) is 21.1. The smallest absolute Gasteiger partial charge is 0.334 e. The van der Waals surface area contributed by atoms with Crippen molar-refractivity contribution in [3.63, 3.8) is 0 Å². The maximum Gasteiger partial charge on any atom is 0.334 e. The number of fused-ring (bicyclic) bond motifs is 1. The van der Waals surface area contributed by atoms with Gasteiger partial charge in [0.05, 0.1) is 11.7 Å². The number of carbonyl (C=O) groups is 2. The molecule has 0 aliphatic heterocycles. The summed E-state index contributed by atoms with van der Waals surface area (Å²) in [4.78, 5) is 24.2. The summed E-state index contributed by atoms with van der Waals surface area (Å²) in [6.45, 7) is 0. The molecule has 0 saturated carbocycles. The van der Waals surface area contributed by atoms with Crippen LogP contribution in [0, 0.1) is 0 Å². The number of aromatic nitrogens is 2. The van der Waals surface area contributed by atoms with Crippen molar-refractivity contribution >= 4 is 34.2 Å². The lowest BCUT2D eigenvalue weighted by molar-refractivity contribution is -0.148. The molecule has 0 fully saturated rings. The first-order chi connectivity index (χ1) is 15.4. The first-order valence-corrected chi connectivity index (χ1v) is 10.3. The number of aliphatic hydroxyl groups excluding tert-OH is 1. The van der Waals surface area contributed by atoms with Gasteiger partial charge in [-0.2, -0.15) is 5.10 Å². The van der Waals surface area contributed by atoms with E-state index in [1.54, 1.807) is 30.3 Å². The molecule has 1 amide bonds. The van der Waals surface area contributed by atoms with Crippen LogP contribution in [0.25, 0.3) is 22.0 Å². The number of benzene rings is 3. The maximum absolute atomic E-state index is 12.8. The third kappa shape index (κ3) is 4.64. The number of aromatic amines is 1. The van der Waals surface area contributed by atoms with Crippen LogP contribution in [0.4, 0.5) is 0 Å². The average Bonchev–Trinajstić information content (AvgIpc) is 3.29. The average molecular weight is 450 g/mol. The van der Waals surface area contributed by atoms with Crippen molar-refractivity contribution in [3.8, 4) is 11.3 Å². The third-order valence-corrected chi connectivity index (χ3v) is 5.58. The summed E-state index contributed by atoms with van der Waals surface area (Å²) in [5.41, 5.74) is 2.16. The van der Waals surface area contributed by atoms with E-state index in [-0.39, 0.29) is 12.1 Å². The minimum Gasteiger partial charge on any atom is -0.479 e. The van der Waals surface area contributed by atoms with Crippen molar-refractivity contribution in [2.24, 2.45) is 0 Å². The lowest BCUT2D eigenvalue weighted by Crippen LogP contribution is -2.48. The molecule has 3 aromatic carbocycles. The molecule has 0 spiro atoms. The summed E-state index contributed by atoms with van der Waals surface area (Å²) < 4.78 is 0. The van der Waals surface area contributed by atoms with Gasteiger partial charge in [-0.15, -0.1) is 0 Å². The van der Waals surface area contributed by atoms with Crippen molar-refractivity contribution in [3.05, 3.63) is 89.1 Å². The van der Waals surface area contributed by atoms with Crippen LogP contribution < -0.4 is 5.32 Å². The number of hydrogen-bond acceptors (Lipinski definition) is 4. The number of hydrogen-bond donors (Lipinski definition) is 4. The number of aliphatic carboxylic acids is 1. The van der Waals surface area contributed by atoms with Gasteiger partial charge in [-0.3, -0.25) is 9.89 Å². The van der Waals surface area contributed by atoms with Gasteiger partial charge < -0.3 is 15.5 Å². The highest BCUT2D eigenvalue weighted by atomic mass is 35.5. The van der Waals surface area contributed by atoms with Crippen LogP contribution in [0.3, 0.4) is 0 Å². The van der Waals surface area contributed by atoms with Gasteiger partial charge >= 0.3 is 5.97 Å². The second kappa shape index (κ2) is 9.21. The summed E-state index contributed by atoms with van der Waals surface area (Å²) in [6.07, 6.45) is -1.76. The standard InChI is InChI=1S/C24H20ClN3O4/c25-18-8-4-3-7-16(18)12-20(22(29)24(31)32)26-23(30)21-13-19(27-28-21)17-10-9-14-5-1-2-6-15(14)11-17/h1-11,13,20,22,29H,12H2,(H,26,30)(H,27,28)(H,31,32)/t20-,22-/m1/s1. The number of rotatable bonds is 7. The predicted molar refractivity (Wildman–Crippen MR) is 122 cm³/mol. The molecule has 0 bridgehead atoms. The molecule has 7 nitrogen and oxygen atoms in total. The zero-order valence-corrected chi connectivity index (χ0v) is 17.6. The number of amides is 1. The molecule has 0 saturated heterocycles. The quantitative estimate of drug-likeness (QED) is 0.343. The Bertz CT molecular complexity index is 1290. The van der Waals surface area contributed by atoms with E-state index < -0.39 is 24.0 Å². The number of carboxylic acid groups (broad SMARTS) is 1. The molecular weight excluding hydrogens is 430 g/mol. The largest absolute Gasteiger partial charge is 0.479 e. The molecule has 8 heteroatoms. The molecule has 4 rings (SSSR count). The fraction of sp³-hybridized carbons (Fsp3) is 0.125. The molecule has 0 unspecified atom stereocenters. The fourth-order valence-electron chi connectivity index (χ4n) is 3.50. The summed E-state index contributed by atoms with van der Waals surface area (Å²) >= 11 is 6.16. The maximum atomic E-state index is 12.8. The minimum atomic E-state index is -1.81. The highest BCUT2D eigenvalue weighted by Gasteiger charge is 2.29. The minimum absolute atomic E-state index is 0.0462. The number of nitrogens with one attached hydrogen (secondary N) is 2. The number of aliphatic hydroxyl groups is 1. The van der Waals surface area contributed by atoms with Crippen molar-refractivity contribution < 1.29 is 19.8 Å². The second-order valence-electron chi connectivity index (χ2n) is 7.39. The Morgan fingerprint density at radius 3 is 2.47 bits per heavy atom. The van der Waals surface area contributed by atoms with Gasteiger partial charge in [-0.05, 0) is 41.0 Å². The molecule has 0 aliphatic carbocycles. The Hall–Kier alpha value is -3.68. The van der Waals surface area contributed by atoms with E-state index in [1.807, 2.05) is 42.5 Å². The van der Waals surface area contributed by atoms with Gasteiger partial charge in [-0.1, -0.05) is 66.2 Å². The SMILES string of the molecule is O=C(N[C@H](Cc1ccccc1Cl)[C@@H](O)C(=O)O)c1cc(-c2ccc3ccccc3c2)n[nH]1. The van der Waals surface area contributed by atoms with Crippen molar-refractivity contribution in [2.45, 2.75) is 18.6 Å². The lowest BCUT2D eigenvalue weighted by Gasteiger charge is -2.21. The van der Waals surface area contributed by atoms with E-state index in [0.717, 1.165) is 16.3 Å². The normalized spacial score (nSPS) is 12.9. The third-order valence-electron chi connectivity index (χ3n) is 5.22. The second-order valence-corrected chi connectivity index (χ2v) is 7.79. The van der Waals surface area contributed by atoms with Crippen LogP contribution in [0.2, 0.25) is 5.02 Å². The number of carbonyl (C=O) groups excluding carboxylic acids is 1.